The van der Waals surface area contributed by atoms with Crippen molar-refractivity contribution in [3.8, 4) is 0 Å². The van der Waals surface area contributed by atoms with Gasteiger partial charge < -0.3 is 9.80 Å². The van der Waals surface area contributed by atoms with Crippen molar-refractivity contribution in [2.45, 2.75) is 59.8 Å². The summed E-state index contributed by atoms with van der Waals surface area (Å²) in [6.07, 6.45) is 6.47. The number of nitrogens with zero attached hydrogens (tertiary/aromatic N) is 3. The quantitative estimate of drug-likeness (QED) is 0.542. The molecule has 0 amide bonds. The van der Waals surface area contributed by atoms with Crippen LogP contribution in [0.3, 0.4) is 0 Å². The first-order valence-electron chi connectivity index (χ1n) is 11.1. The number of hydrogen-bond acceptors (Lipinski definition) is 3. The van der Waals surface area contributed by atoms with Gasteiger partial charge in [0.25, 0.3) is 0 Å². The third-order valence-electron chi connectivity index (χ3n) is 6.56. The van der Waals surface area contributed by atoms with Gasteiger partial charge in [0.15, 0.2) is 0 Å². The third kappa shape index (κ3) is 4.83. The Hall–Kier alpha value is -1.68. The van der Waals surface area contributed by atoms with E-state index in [9.17, 15) is 4.39 Å². The van der Waals surface area contributed by atoms with Gasteiger partial charge in [-0.3, -0.25) is 4.98 Å². The smallest absolute Gasteiger partial charge is 0.124 e. The molecule has 1 saturated heterocycles. The van der Waals surface area contributed by atoms with Crippen LogP contribution in [0.15, 0.2) is 18.2 Å². The molecule has 154 valence electrons. The minimum absolute atomic E-state index is 0.179. The fourth-order valence-corrected chi connectivity index (χ4v) is 4.59. The molecule has 1 aromatic heterocycles. The van der Waals surface area contributed by atoms with Gasteiger partial charge in [-0.15, -0.1) is 0 Å². The number of fused-ring (bicyclic) bond motifs is 1. The highest BCUT2D eigenvalue weighted by molar-refractivity contribution is 5.94. The summed E-state index contributed by atoms with van der Waals surface area (Å²) in [4.78, 5) is 9.65. The van der Waals surface area contributed by atoms with Crippen LogP contribution in [-0.2, 0) is 0 Å². The number of anilines is 1. The molecule has 4 heteroatoms. The highest BCUT2D eigenvalue weighted by atomic mass is 19.1. The summed E-state index contributed by atoms with van der Waals surface area (Å²) >= 11 is 0. The van der Waals surface area contributed by atoms with Gasteiger partial charge in [0.1, 0.15) is 5.82 Å². The lowest BCUT2D eigenvalue weighted by atomic mass is 9.90. The van der Waals surface area contributed by atoms with Gasteiger partial charge in [0.2, 0.25) is 0 Å². The monoisotopic (exact) mass is 385 g/mol. The fraction of sp³-hybridized carbons (Fsp3) is 0.625. The molecule has 3 rings (SSSR count). The van der Waals surface area contributed by atoms with E-state index in [2.05, 4.69) is 42.5 Å². The van der Waals surface area contributed by atoms with Gasteiger partial charge in [-0.1, -0.05) is 26.7 Å². The van der Waals surface area contributed by atoms with Crippen LogP contribution in [-0.4, -0.2) is 42.6 Å². The van der Waals surface area contributed by atoms with Gasteiger partial charge >= 0.3 is 0 Å². The average molecular weight is 386 g/mol. The maximum Gasteiger partial charge on any atom is 0.124 e. The molecular formula is C24H36FN3. The van der Waals surface area contributed by atoms with E-state index in [0.29, 0.717) is 0 Å². The summed E-state index contributed by atoms with van der Waals surface area (Å²) in [5, 5.41) is 0.959. The highest BCUT2D eigenvalue weighted by Crippen LogP contribution is 2.35. The van der Waals surface area contributed by atoms with Crippen LogP contribution in [0.25, 0.3) is 10.9 Å². The summed E-state index contributed by atoms with van der Waals surface area (Å²) in [6, 6.07) is 4.98. The Kier molecular flexibility index (Phi) is 7.28. The summed E-state index contributed by atoms with van der Waals surface area (Å²) in [5.41, 5.74) is 4.34. The van der Waals surface area contributed by atoms with E-state index in [4.69, 9.17) is 0 Å². The molecule has 3 nitrogen and oxygen atoms in total. The minimum Gasteiger partial charge on any atom is -0.371 e. The van der Waals surface area contributed by atoms with E-state index in [1.54, 1.807) is 6.07 Å². The number of hydrogen-bond donors (Lipinski definition) is 0. The first kappa shape index (κ1) is 21.0. The van der Waals surface area contributed by atoms with Crippen molar-refractivity contribution >= 4 is 16.6 Å². The number of aromatic nitrogens is 1. The Labute approximate surface area is 169 Å². The number of aryl methyl sites for hydroxylation is 1. The predicted octanol–water partition coefficient (Wildman–Crippen LogP) is 5.72. The van der Waals surface area contributed by atoms with Gasteiger partial charge in [-0.2, -0.15) is 0 Å². The lowest BCUT2D eigenvalue weighted by Gasteiger charge is -2.35. The van der Waals surface area contributed by atoms with Crippen LogP contribution in [0.1, 0.15) is 57.2 Å². The molecule has 0 spiro atoms. The zero-order valence-corrected chi connectivity index (χ0v) is 18.1. The molecule has 0 N–H and O–H groups in total. The molecule has 1 aromatic carbocycles. The molecule has 2 heterocycles. The van der Waals surface area contributed by atoms with E-state index < -0.39 is 0 Å². The Morgan fingerprint density at radius 3 is 2.50 bits per heavy atom. The van der Waals surface area contributed by atoms with E-state index in [0.717, 1.165) is 48.7 Å². The molecule has 0 bridgehead atoms. The van der Waals surface area contributed by atoms with E-state index in [-0.39, 0.29) is 5.82 Å². The topological polar surface area (TPSA) is 19.4 Å². The molecule has 1 aliphatic heterocycles. The fourth-order valence-electron chi connectivity index (χ4n) is 4.59. The maximum atomic E-state index is 13.9. The highest BCUT2D eigenvalue weighted by Gasteiger charge is 2.23. The molecule has 1 fully saturated rings. The first-order chi connectivity index (χ1) is 13.5. The van der Waals surface area contributed by atoms with Gasteiger partial charge in [-0.25, -0.2) is 4.39 Å². The second-order valence-corrected chi connectivity index (χ2v) is 8.29. The van der Waals surface area contributed by atoms with Crippen molar-refractivity contribution in [1.82, 2.24) is 9.88 Å². The molecule has 2 aromatic rings. The summed E-state index contributed by atoms with van der Waals surface area (Å²) in [7, 11) is 0. The SMILES string of the molecule is CCN(CC)CCCCC1CCN(c2c(C)c(C)nc3ccc(F)cc23)CC1. The van der Waals surface area contributed by atoms with E-state index >= 15 is 0 Å². The van der Waals surface area contributed by atoms with Crippen molar-refractivity contribution in [1.29, 1.82) is 0 Å². The Morgan fingerprint density at radius 2 is 1.82 bits per heavy atom. The molecule has 0 saturated carbocycles. The van der Waals surface area contributed by atoms with E-state index in [1.165, 1.54) is 56.0 Å². The Bertz CT molecular complexity index is 777. The van der Waals surface area contributed by atoms with Crippen LogP contribution in [0.4, 0.5) is 10.1 Å². The lowest BCUT2D eigenvalue weighted by molar-refractivity contribution is 0.286. The number of piperidine rings is 1. The second-order valence-electron chi connectivity index (χ2n) is 8.29. The van der Waals surface area contributed by atoms with E-state index in [1.807, 2.05) is 6.07 Å². The summed E-state index contributed by atoms with van der Waals surface area (Å²) in [6.45, 7) is 14.4. The van der Waals surface area contributed by atoms with Gasteiger partial charge in [0.05, 0.1) is 11.2 Å². The Balaban J connectivity index is 1.61. The number of rotatable bonds is 8. The van der Waals surface area contributed by atoms with Crippen molar-refractivity contribution in [2.75, 3.05) is 37.6 Å². The van der Waals surface area contributed by atoms with Gasteiger partial charge in [-0.05, 0) is 82.4 Å². The standard InChI is InChI=1S/C24H36FN3/c1-5-27(6-2)14-8-7-9-20-12-15-28(16-13-20)24-18(3)19(4)26-23-11-10-21(25)17-22(23)24/h10-11,17,20H,5-9,12-16H2,1-4H3. The van der Waals surface area contributed by atoms with Crippen molar-refractivity contribution in [3.63, 3.8) is 0 Å². The Morgan fingerprint density at radius 1 is 1.11 bits per heavy atom. The van der Waals surface area contributed by atoms with Crippen LogP contribution in [0, 0.1) is 25.6 Å². The number of unbranched alkanes of at least 4 members (excludes halogenated alkanes) is 1. The molecule has 0 unspecified atom stereocenters. The lowest BCUT2D eigenvalue weighted by Crippen LogP contribution is -2.34. The molecule has 0 atom stereocenters. The molecule has 1 aliphatic rings. The maximum absolute atomic E-state index is 13.9. The zero-order chi connectivity index (χ0) is 20.1. The molecule has 28 heavy (non-hydrogen) atoms. The molecule has 0 radical (unpaired) electrons. The number of pyridine rings is 1. The van der Waals surface area contributed by atoms with Crippen molar-refractivity contribution in [3.05, 3.63) is 35.3 Å². The molecule has 0 aliphatic carbocycles. The van der Waals surface area contributed by atoms with Gasteiger partial charge in [0, 0.05) is 24.2 Å². The van der Waals surface area contributed by atoms with Crippen LogP contribution >= 0.6 is 0 Å². The minimum atomic E-state index is -0.179. The molecular weight excluding hydrogens is 349 g/mol. The van der Waals surface area contributed by atoms with Crippen LogP contribution < -0.4 is 4.90 Å². The number of halogens is 1. The first-order valence-corrected chi connectivity index (χ1v) is 11.1. The normalized spacial score (nSPS) is 15.7. The van der Waals surface area contributed by atoms with Crippen LogP contribution in [0.5, 0.6) is 0 Å². The zero-order valence-electron chi connectivity index (χ0n) is 18.1. The van der Waals surface area contributed by atoms with Crippen molar-refractivity contribution in [2.24, 2.45) is 5.92 Å². The third-order valence-corrected chi connectivity index (χ3v) is 6.56. The summed E-state index contributed by atoms with van der Waals surface area (Å²) < 4.78 is 13.9. The second kappa shape index (κ2) is 9.69. The average Bonchev–Trinajstić information content (AvgIpc) is 2.70. The van der Waals surface area contributed by atoms with Crippen molar-refractivity contribution < 1.29 is 4.39 Å². The number of benzene rings is 1. The largest absolute Gasteiger partial charge is 0.371 e. The van der Waals surface area contributed by atoms with Crippen LogP contribution in [0.2, 0.25) is 0 Å². The summed E-state index contributed by atoms with van der Waals surface area (Å²) in [5.74, 6) is 0.654. The predicted molar refractivity (Wildman–Crippen MR) is 118 cm³/mol.